The van der Waals surface area contributed by atoms with Crippen LogP contribution >= 0.6 is 0 Å². The van der Waals surface area contributed by atoms with Crippen LogP contribution in [0.25, 0.3) is 0 Å². The third-order valence-corrected chi connectivity index (χ3v) is 2.79. The Hall–Kier alpha value is -2.85. The number of aryl methyl sites for hydroxylation is 1. The number of benzene rings is 1. The Morgan fingerprint density at radius 3 is 2.70 bits per heavy atom. The Morgan fingerprint density at radius 2 is 2.13 bits per heavy atom. The number of hydrogen-bond acceptors (Lipinski definition) is 7. The molecule has 0 fully saturated rings. The molecule has 0 aliphatic carbocycles. The number of nitrogens with one attached hydrogen (secondary N) is 1. The Bertz CT molecular complexity index is 702. The summed E-state index contributed by atoms with van der Waals surface area (Å²) in [6.45, 7) is 1.78. The molecule has 0 atom stereocenters. The van der Waals surface area contributed by atoms with E-state index in [1.54, 1.807) is 6.92 Å². The molecule has 0 aliphatic rings. The van der Waals surface area contributed by atoms with Crippen molar-refractivity contribution >= 4 is 11.4 Å². The van der Waals surface area contributed by atoms with Gasteiger partial charge in [-0.05, 0) is 24.2 Å². The summed E-state index contributed by atoms with van der Waals surface area (Å²) >= 11 is 0. The second kappa shape index (κ2) is 6.50. The van der Waals surface area contributed by atoms with Crippen LogP contribution in [0, 0.1) is 17.0 Å². The first-order valence-corrected chi connectivity index (χ1v) is 6.30. The zero-order valence-electron chi connectivity index (χ0n) is 11.8. The maximum Gasteiger partial charge on any atom is 0.416 e. The molecule has 2 aromatic rings. The molecule has 23 heavy (non-hydrogen) atoms. The van der Waals surface area contributed by atoms with Crippen LogP contribution in [0.3, 0.4) is 0 Å². The standard InChI is InChI=1S/C12H11F3N4O4/c1-7-11(18-23-17-7)22-5-4-16-9-3-2-8(12(13,14)15)6-10(9)19(20)21/h2-3,6,16H,4-5H2,1H3. The Labute approximate surface area is 127 Å². The normalized spacial score (nSPS) is 11.3. The smallest absolute Gasteiger partial charge is 0.416 e. The van der Waals surface area contributed by atoms with Gasteiger partial charge in [0.2, 0.25) is 0 Å². The van der Waals surface area contributed by atoms with Gasteiger partial charge in [-0.2, -0.15) is 13.2 Å². The lowest BCUT2D eigenvalue weighted by atomic mass is 10.1. The number of nitro benzene ring substituents is 1. The highest BCUT2D eigenvalue weighted by Crippen LogP contribution is 2.34. The highest BCUT2D eigenvalue weighted by atomic mass is 19.4. The Kier molecular flexibility index (Phi) is 4.67. The molecule has 124 valence electrons. The van der Waals surface area contributed by atoms with Crippen LogP contribution in [0.1, 0.15) is 11.3 Å². The molecule has 0 amide bonds. The minimum atomic E-state index is -4.65. The van der Waals surface area contributed by atoms with Gasteiger partial charge in [0.1, 0.15) is 18.0 Å². The van der Waals surface area contributed by atoms with Crippen molar-refractivity contribution in [2.24, 2.45) is 0 Å². The van der Waals surface area contributed by atoms with E-state index in [1.165, 1.54) is 0 Å². The van der Waals surface area contributed by atoms with Gasteiger partial charge in [0.05, 0.1) is 10.5 Å². The fourth-order valence-corrected chi connectivity index (χ4v) is 1.70. The van der Waals surface area contributed by atoms with Gasteiger partial charge >= 0.3 is 6.18 Å². The van der Waals surface area contributed by atoms with Crippen LogP contribution in [0.4, 0.5) is 24.5 Å². The van der Waals surface area contributed by atoms with Gasteiger partial charge < -0.3 is 10.1 Å². The van der Waals surface area contributed by atoms with Crippen molar-refractivity contribution in [3.63, 3.8) is 0 Å². The first kappa shape index (κ1) is 16.5. The largest absolute Gasteiger partial charge is 0.472 e. The van der Waals surface area contributed by atoms with E-state index in [4.69, 9.17) is 4.74 Å². The van der Waals surface area contributed by atoms with Gasteiger partial charge in [0.25, 0.3) is 11.6 Å². The number of anilines is 1. The van der Waals surface area contributed by atoms with Crippen LogP contribution in [0.15, 0.2) is 22.8 Å². The van der Waals surface area contributed by atoms with E-state index in [9.17, 15) is 23.3 Å². The summed E-state index contributed by atoms with van der Waals surface area (Å²) in [6.07, 6.45) is -4.65. The summed E-state index contributed by atoms with van der Waals surface area (Å²) in [5.74, 6) is 0.175. The van der Waals surface area contributed by atoms with Crippen LogP contribution < -0.4 is 10.1 Å². The molecule has 0 spiro atoms. The van der Waals surface area contributed by atoms with E-state index in [2.05, 4.69) is 20.3 Å². The minimum absolute atomic E-state index is 0.0402. The van der Waals surface area contributed by atoms with E-state index in [0.29, 0.717) is 11.8 Å². The summed E-state index contributed by atoms with van der Waals surface area (Å²) in [6, 6.07) is 2.25. The number of alkyl halides is 3. The SMILES string of the molecule is Cc1nonc1OCCNc1ccc(C(F)(F)F)cc1[N+](=O)[O-]. The molecule has 11 heteroatoms. The van der Waals surface area contributed by atoms with Crippen molar-refractivity contribution in [2.75, 3.05) is 18.5 Å². The zero-order chi connectivity index (χ0) is 17.0. The van der Waals surface area contributed by atoms with Gasteiger partial charge in [-0.15, -0.1) is 0 Å². The van der Waals surface area contributed by atoms with Gasteiger partial charge in [-0.25, -0.2) is 4.63 Å². The molecule has 0 bridgehead atoms. The van der Waals surface area contributed by atoms with E-state index in [0.717, 1.165) is 12.1 Å². The van der Waals surface area contributed by atoms with E-state index >= 15 is 0 Å². The molecule has 0 unspecified atom stereocenters. The second-order valence-corrected chi connectivity index (χ2v) is 4.42. The van der Waals surface area contributed by atoms with Crippen molar-refractivity contribution in [1.29, 1.82) is 0 Å². The van der Waals surface area contributed by atoms with Crippen molar-refractivity contribution in [3.8, 4) is 5.88 Å². The molecule has 0 saturated heterocycles. The number of ether oxygens (including phenoxy) is 1. The van der Waals surface area contributed by atoms with Crippen molar-refractivity contribution in [2.45, 2.75) is 13.1 Å². The first-order chi connectivity index (χ1) is 10.8. The summed E-state index contributed by atoms with van der Waals surface area (Å²) in [4.78, 5) is 10.0. The fourth-order valence-electron chi connectivity index (χ4n) is 1.70. The molecule has 8 nitrogen and oxygen atoms in total. The molecular formula is C12H11F3N4O4. The lowest BCUT2D eigenvalue weighted by molar-refractivity contribution is -0.384. The second-order valence-electron chi connectivity index (χ2n) is 4.42. The molecule has 0 aliphatic heterocycles. The zero-order valence-corrected chi connectivity index (χ0v) is 11.8. The van der Waals surface area contributed by atoms with Crippen molar-refractivity contribution in [1.82, 2.24) is 10.3 Å². The summed E-state index contributed by atoms with van der Waals surface area (Å²) < 4.78 is 47.4. The molecule has 2 rings (SSSR count). The Morgan fingerprint density at radius 1 is 1.39 bits per heavy atom. The van der Waals surface area contributed by atoms with Crippen LogP contribution in [-0.4, -0.2) is 28.4 Å². The van der Waals surface area contributed by atoms with Crippen LogP contribution in [-0.2, 0) is 6.18 Å². The maximum atomic E-state index is 12.6. The van der Waals surface area contributed by atoms with E-state index in [-0.39, 0.29) is 24.7 Å². The molecule has 1 aromatic heterocycles. The monoisotopic (exact) mass is 332 g/mol. The number of aromatic nitrogens is 2. The predicted molar refractivity (Wildman–Crippen MR) is 71.1 cm³/mol. The Balaban J connectivity index is 2.02. The van der Waals surface area contributed by atoms with Gasteiger partial charge in [-0.1, -0.05) is 5.16 Å². The van der Waals surface area contributed by atoms with Gasteiger partial charge in [-0.3, -0.25) is 10.1 Å². The fraction of sp³-hybridized carbons (Fsp3) is 0.333. The summed E-state index contributed by atoms with van der Waals surface area (Å²) in [5.41, 5.74) is -1.36. The average molecular weight is 332 g/mol. The molecular weight excluding hydrogens is 321 g/mol. The predicted octanol–water partition coefficient (Wildman–Crippen LogP) is 2.80. The molecule has 0 radical (unpaired) electrons. The number of hydrogen-bond donors (Lipinski definition) is 1. The number of rotatable bonds is 6. The molecule has 0 saturated carbocycles. The van der Waals surface area contributed by atoms with Crippen molar-refractivity contribution < 1.29 is 27.5 Å². The molecule has 1 heterocycles. The van der Waals surface area contributed by atoms with Crippen LogP contribution in [0.2, 0.25) is 0 Å². The van der Waals surface area contributed by atoms with E-state index in [1.807, 2.05) is 0 Å². The number of halogens is 3. The quantitative estimate of drug-likeness (QED) is 0.493. The summed E-state index contributed by atoms with van der Waals surface area (Å²) in [5, 5.41) is 20.5. The third-order valence-electron chi connectivity index (χ3n) is 2.79. The van der Waals surface area contributed by atoms with Gasteiger partial charge in [0.15, 0.2) is 0 Å². The average Bonchev–Trinajstić information content (AvgIpc) is 2.88. The molecule has 1 aromatic carbocycles. The van der Waals surface area contributed by atoms with Crippen molar-refractivity contribution in [3.05, 3.63) is 39.6 Å². The van der Waals surface area contributed by atoms with E-state index < -0.39 is 22.4 Å². The highest BCUT2D eigenvalue weighted by Gasteiger charge is 2.32. The lowest BCUT2D eigenvalue weighted by Gasteiger charge is -2.10. The van der Waals surface area contributed by atoms with Gasteiger partial charge in [0, 0.05) is 12.6 Å². The number of nitrogens with zero attached hydrogens (tertiary/aromatic N) is 3. The molecule has 1 N–H and O–H groups in total. The first-order valence-electron chi connectivity index (χ1n) is 6.30. The topological polar surface area (TPSA) is 103 Å². The third kappa shape index (κ3) is 4.08. The number of nitro groups is 1. The minimum Gasteiger partial charge on any atom is -0.472 e. The maximum absolute atomic E-state index is 12.6. The van der Waals surface area contributed by atoms with Crippen LogP contribution in [0.5, 0.6) is 5.88 Å². The lowest BCUT2D eigenvalue weighted by Crippen LogP contribution is -2.14. The highest BCUT2D eigenvalue weighted by molar-refractivity contribution is 5.62. The summed E-state index contributed by atoms with van der Waals surface area (Å²) in [7, 11) is 0.